The van der Waals surface area contributed by atoms with Crippen LogP contribution in [-0.4, -0.2) is 44.7 Å². The molecule has 1 heterocycles. The average molecular weight is 600 g/mol. The second-order valence-electron chi connectivity index (χ2n) is 9.86. The van der Waals surface area contributed by atoms with Crippen LogP contribution in [0.15, 0.2) is 103 Å². The Kier molecular flexibility index (Phi) is 15.0. The molecule has 0 saturated carbocycles. The third kappa shape index (κ3) is 11.5. The molecule has 3 aromatic rings. The standard InChI is InChI=1S/C36H47N4S2/c1-6-31(21-24-37-4)9-10-32-13-17-35(18-14-32)39(7-2)27-29-41-42-30-28-40(8-3)36-19-15-33(16-20-36)11-12-34-22-25-38(5)26-23-34/h6,9-26,37H,7-8,27-30H2,1-5H3/q+1/b10-9+,24-21-,31-6-. The van der Waals surface area contributed by atoms with E-state index in [0.717, 1.165) is 37.7 Å². The highest BCUT2D eigenvalue weighted by molar-refractivity contribution is 8.76. The van der Waals surface area contributed by atoms with Crippen molar-refractivity contribution in [2.24, 2.45) is 7.05 Å². The first-order valence-corrected chi connectivity index (χ1v) is 17.3. The van der Waals surface area contributed by atoms with Gasteiger partial charge in [0, 0.05) is 68.2 Å². The lowest BCUT2D eigenvalue weighted by Crippen LogP contribution is -2.26. The summed E-state index contributed by atoms with van der Waals surface area (Å²) < 4.78 is 2.05. The summed E-state index contributed by atoms with van der Waals surface area (Å²) >= 11 is 0. The fourth-order valence-corrected chi connectivity index (χ4v) is 6.36. The summed E-state index contributed by atoms with van der Waals surface area (Å²) in [4.78, 5) is 4.92. The second-order valence-corrected chi connectivity index (χ2v) is 12.6. The van der Waals surface area contributed by atoms with Crippen LogP contribution in [0.5, 0.6) is 0 Å². The van der Waals surface area contributed by atoms with Crippen molar-refractivity contribution >= 4 is 51.2 Å². The van der Waals surface area contributed by atoms with E-state index in [1.807, 2.05) is 46.5 Å². The van der Waals surface area contributed by atoms with E-state index in [0.29, 0.717) is 0 Å². The first-order chi connectivity index (χ1) is 20.6. The van der Waals surface area contributed by atoms with Crippen LogP contribution < -0.4 is 19.7 Å². The lowest BCUT2D eigenvalue weighted by atomic mass is 10.1. The van der Waals surface area contributed by atoms with E-state index < -0.39 is 0 Å². The SMILES string of the molecule is C/C=C(\C=C/NC)/C=C/c1ccc(N(CC)CCSSCCN(CC)c2ccc(/C=C/c3cc[n+](C)cc3)cc2)cc1. The van der Waals surface area contributed by atoms with Crippen molar-refractivity contribution in [2.75, 3.05) is 54.5 Å². The van der Waals surface area contributed by atoms with E-state index >= 15 is 0 Å². The molecular weight excluding hydrogens is 553 g/mol. The molecule has 0 radical (unpaired) electrons. The van der Waals surface area contributed by atoms with Gasteiger partial charge in [-0.1, -0.05) is 76.2 Å². The van der Waals surface area contributed by atoms with Crippen LogP contribution in [0.2, 0.25) is 0 Å². The second kappa shape index (κ2) is 19.0. The van der Waals surface area contributed by atoms with Crippen molar-refractivity contribution < 1.29 is 4.57 Å². The molecule has 3 rings (SSSR count). The maximum absolute atomic E-state index is 3.04. The van der Waals surface area contributed by atoms with Crippen LogP contribution in [0.1, 0.15) is 37.5 Å². The van der Waals surface area contributed by atoms with Crippen molar-refractivity contribution in [2.45, 2.75) is 20.8 Å². The third-order valence-corrected chi connectivity index (χ3v) is 9.33. The molecule has 0 unspecified atom stereocenters. The number of hydrogen-bond acceptors (Lipinski definition) is 5. The van der Waals surface area contributed by atoms with Crippen LogP contribution in [0.3, 0.4) is 0 Å². The van der Waals surface area contributed by atoms with Gasteiger partial charge in [0.1, 0.15) is 7.05 Å². The van der Waals surface area contributed by atoms with Gasteiger partial charge in [0.25, 0.3) is 0 Å². The molecule has 0 aliphatic heterocycles. The molecule has 0 aliphatic carbocycles. The summed E-state index contributed by atoms with van der Waals surface area (Å²) in [6.07, 6.45) is 18.9. The van der Waals surface area contributed by atoms with Crippen LogP contribution in [0.25, 0.3) is 18.2 Å². The molecule has 0 aliphatic rings. The van der Waals surface area contributed by atoms with Gasteiger partial charge in [-0.15, -0.1) is 0 Å². The normalized spacial score (nSPS) is 12.1. The lowest BCUT2D eigenvalue weighted by Gasteiger charge is -2.24. The first-order valence-electron chi connectivity index (χ1n) is 14.8. The van der Waals surface area contributed by atoms with E-state index in [4.69, 9.17) is 0 Å². The summed E-state index contributed by atoms with van der Waals surface area (Å²) in [5, 5.41) is 3.04. The van der Waals surface area contributed by atoms with Crippen molar-refractivity contribution in [3.05, 3.63) is 120 Å². The Balaban J connectivity index is 1.39. The highest BCUT2D eigenvalue weighted by Gasteiger charge is 2.06. The zero-order valence-corrected chi connectivity index (χ0v) is 27.5. The molecule has 0 fully saturated rings. The molecule has 222 valence electrons. The predicted octanol–water partition coefficient (Wildman–Crippen LogP) is 8.11. The van der Waals surface area contributed by atoms with Gasteiger partial charge in [-0.2, -0.15) is 0 Å². The summed E-state index contributed by atoms with van der Waals surface area (Å²) in [6, 6.07) is 22.0. The molecule has 0 spiro atoms. The Hall–Kier alpha value is -3.35. The third-order valence-electron chi connectivity index (χ3n) is 6.97. The highest BCUT2D eigenvalue weighted by Crippen LogP contribution is 2.24. The Labute approximate surface area is 262 Å². The van der Waals surface area contributed by atoms with Crippen LogP contribution >= 0.6 is 21.6 Å². The van der Waals surface area contributed by atoms with Gasteiger partial charge in [0.15, 0.2) is 12.4 Å². The lowest BCUT2D eigenvalue weighted by molar-refractivity contribution is -0.671. The Morgan fingerprint density at radius 3 is 1.64 bits per heavy atom. The summed E-state index contributed by atoms with van der Waals surface area (Å²) in [7, 11) is 7.91. The molecular formula is C36H47N4S2+. The number of benzene rings is 2. The van der Waals surface area contributed by atoms with Crippen molar-refractivity contribution in [3.8, 4) is 0 Å². The van der Waals surface area contributed by atoms with E-state index in [2.05, 4.69) is 145 Å². The topological polar surface area (TPSA) is 22.4 Å². The van der Waals surface area contributed by atoms with Crippen molar-refractivity contribution in [1.82, 2.24) is 5.32 Å². The number of hydrogen-bond donors (Lipinski definition) is 1. The van der Waals surface area contributed by atoms with Gasteiger partial charge in [0.2, 0.25) is 0 Å². The van der Waals surface area contributed by atoms with Gasteiger partial charge >= 0.3 is 0 Å². The quantitative estimate of drug-likeness (QED) is 0.0731. The van der Waals surface area contributed by atoms with E-state index in [1.165, 1.54) is 33.6 Å². The number of allylic oxidation sites excluding steroid dienone is 4. The minimum absolute atomic E-state index is 1.01. The van der Waals surface area contributed by atoms with Crippen LogP contribution in [0, 0.1) is 0 Å². The minimum atomic E-state index is 1.01. The minimum Gasteiger partial charge on any atom is -0.394 e. The number of aryl methyl sites for hydroxylation is 1. The first kappa shape index (κ1) is 33.2. The van der Waals surface area contributed by atoms with Gasteiger partial charge in [0.05, 0.1) is 0 Å². The molecule has 2 aromatic carbocycles. The Morgan fingerprint density at radius 2 is 1.19 bits per heavy atom. The Morgan fingerprint density at radius 1 is 0.714 bits per heavy atom. The van der Waals surface area contributed by atoms with Gasteiger partial charge in [-0.25, -0.2) is 4.57 Å². The summed E-state index contributed by atoms with van der Waals surface area (Å²) in [5.41, 5.74) is 7.40. The molecule has 0 saturated heterocycles. The molecule has 4 nitrogen and oxygen atoms in total. The van der Waals surface area contributed by atoms with E-state index in [1.54, 1.807) is 0 Å². The zero-order chi connectivity index (χ0) is 30.0. The van der Waals surface area contributed by atoms with Crippen LogP contribution in [0.4, 0.5) is 11.4 Å². The number of rotatable bonds is 17. The maximum atomic E-state index is 3.04. The zero-order valence-electron chi connectivity index (χ0n) is 25.9. The highest BCUT2D eigenvalue weighted by atomic mass is 33.1. The molecule has 0 amide bonds. The smallest absolute Gasteiger partial charge is 0.169 e. The van der Waals surface area contributed by atoms with Crippen molar-refractivity contribution in [1.29, 1.82) is 0 Å². The Bertz CT molecular complexity index is 1290. The average Bonchev–Trinajstić information content (AvgIpc) is 3.03. The van der Waals surface area contributed by atoms with E-state index in [9.17, 15) is 0 Å². The fraction of sp³-hybridized carbons (Fsp3) is 0.306. The number of aromatic nitrogens is 1. The molecule has 1 N–H and O–H groups in total. The summed E-state index contributed by atoms with van der Waals surface area (Å²) in [5.74, 6) is 2.21. The summed E-state index contributed by atoms with van der Waals surface area (Å²) in [6.45, 7) is 10.7. The fourth-order valence-electron chi connectivity index (χ4n) is 4.38. The number of anilines is 2. The molecule has 0 atom stereocenters. The van der Waals surface area contributed by atoms with Gasteiger partial charge in [-0.05, 0) is 79.6 Å². The number of nitrogens with zero attached hydrogens (tertiary/aromatic N) is 3. The van der Waals surface area contributed by atoms with E-state index in [-0.39, 0.29) is 0 Å². The van der Waals surface area contributed by atoms with Crippen LogP contribution in [-0.2, 0) is 7.05 Å². The maximum Gasteiger partial charge on any atom is 0.169 e. The van der Waals surface area contributed by atoms with Gasteiger partial charge < -0.3 is 15.1 Å². The molecule has 42 heavy (non-hydrogen) atoms. The van der Waals surface area contributed by atoms with Gasteiger partial charge in [-0.3, -0.25) is 0 Å². The predicted molar refractivity (Wildman–Crippen MR) is 191 cm³/mol. The number of pyridine rings is 1. The molecule has 1 aromatic heterocycles. The monoisotopic (exact) mass is 599 g/mol. The molecule has 6 heteroatoms. The molecule has 0 bridgehead atoms. The van der Waals surface area contributed by atoms with Crippen molar-refractivity contribution in [3.63, 3.8) is 0 Å². The number of nitrogens with one attached hydrogen (secondary N) is 1. The largest absolute Gasteiger partial charge is 0.394 e.